The molecule has 0 atom stereocenters. The number of carboxylic acid groups (broad SMARTS) is 1. The third kappa shape index (κ3) is 26.5. The van der Waals surface area contributed by atoms with Gasteiger partial charge in [-0.15, -0.1) is 0 Å². The minimum atomic E-state index is -0.663. The molecule has 0 fully saturated rings. The van der Waals surface area contributed by atoms with Gasteiger partial charge < -0.3 is 9.84 Å². The molecule has 0 aromatic heterocycles. The van der Waals surface area contributed by atoms with Crippen molar-refractivity contribution in [3.05, 3.63) is 25.0 Å². The Labute approximate surface area is 197 Å². The monoisotopic (exact) mass is 450 g/mol. The van der Waals surface area contributed by atoms with Gasteiger partial charge in [0.15, 0.2) is 0 Å². The van der Waals surface area contributed by atoms with Crippen molar-refractivity contribution in [2.75, 3.05) is 0 Å². The predicted molar refractivity (Wildman–Crippen MR) is 135 cm³/mol. The minimum Gasteiger partial charge on any atom is -0.481 e. The molecule has 0 rings (SSSR count). The van der Waals surface area contributed by atoms with Crippen LogP contribution in [0.3, 0.4) is 0 Å². The lowest BCUT2D eigenvalue weighted by atomic mass is 10.0. The number of aliphatic carboxylic acids is 1. The maximum Gasteiger partial charge on any atom is 0.335 e. The number of unbranched alkanes of at least 4 members (excludes halogenated alkanes) is 20. The molecule has 0 aliphatic carbocycles. The SMILES string of the molecule is C=COC(=O)C=CCCCCCCCCCCCCCCCCCCCCCCC(=O)O. The highest BCUT2D eigenvalue weighted by atomic mass is 16.5. The third-order valence-corrected chi connectivity index (χ3v) is 5.96. The molecule has 0 unspecified atom stereocenters. The summed E-state index contributed by atoms with van der Waals surface area (Å²) in [4.78, 5) is 21.5. The summed E-state index contributed by atoms with van der Waals surface area (Å²) >= 11 is 0. The van der Waals surface area contributed by atoms with E-state index in [9.17, 15) is 9.59 Å². The predicted octanol–water partition coefficient (Wildman–Crippen LogP) is 8.90. The molecule has 0 saturated heterocycles. The molecule has 0 radical (unpaired) electrons. The summed E-state index contributed by atoms with van der Waals surface area (Å²) in [6.07, 6.45) is 31.7. The molecule has 32 heavy (non-hydrogen) atoms. The molecule has 0 saturated carbocycles. The average molecular weight is 451 g/mol. The second-order valence-electron chi connectivity index (χ2n) is 9.01. The van der Waals surface area contributed by atoms with Gasteiger partial charge in [0.1, 0.15) is 0 Å². The van der Waals surface area contributed by atoms with Crippen LogP contribution in [-0.4, -0.2) is 17.0 Å². The van der Waals surface area contributed by atoms with Crippen LogP contribution in [0.15, 0.2) is 25.0 Å². The molecule has 0 heterocycles. The Balaban J connectivity index is 3.10. The molecular formula is C28H50O4. The van der Waals surface area contributed by atoms with E-state index < -0.39 is 5.97 Å². The molecule has 186 valence electrons. The Kier molecular flexibility index (Phi) is 24.4. The second kappa shape index (κ2) is 25.7. The van der Waals surface area contributed by atoms with Crippen LogP contribution >= 0.6 is 0 Å². The zero-order valence-electron chi connectivity index (χ0n) is 20.7. The van der Waals surface area contributed by atoms with E-state index in [1.807, 2.05) is 6.08 Å². The summed E-state index contributed by atoms with van der Waals surface area (Å²) in [5.41, 5.74) is 0. The van der Waals surface area contributed by atoms with Gasteiger partial charge >= 0.3 is 11.9 Å². The van der Waals surface area contributed by atoms with Crippen molar-refractivity contribution in [1.29, 1.82) is 0 Å². The summed E-state index contributed by atoms with van der Waals surface area (Å²) in [6.45, 7) is 3.36. The van der Waals surface area contributed by atoms with Crippen molar-refractivity contribution in [2.45, 2.75) is 141 Å². The van der Waals surface area contributed by atoms with Crippen LogP contribution in [-0.2, 0) is 14.3 Å². The first kappa shape index (κ1) is 30.4. The number of ether oxygens (including phenoxy) is 1. The van der Waals surface area contributed by atoms with Crippen molar-refractivity contribution < 1.29 is 19.4 Å². The van der Waals surface area contributed by atoms with Gasteiger partial charge in [0.25, 0.3) is 0 Å². The smallest absolute Gasteiger partial charge is 0.335 e. The standard InChI is InChI=1S/C28H50O4/c1-2-32-28(31)26-24-22-20-18-16-14-12-10-8-6-4-3-5-7-9-11-13-15-17-19-21-23-25-27(29)30/h2,24,26H,1,3-23,25H2,(H,29,30). The van der Waals surface area contributed by atoms with Gasteiger partial charge in [0.05, 0.1) is 6.26 Å². The van der Waals surface area contributed by atoms with Gasteiger partial charge in [-0.25, -0.2) is 4.79 Å². The fraction of sp³-hybridized carbons (Fsp3) is 0.786. The van der Waals surface area contributed by atoms with Crippen molar-refractivity contribution >= 4 is 11.9 Å². The van der Waals surface area contributed by atoms with Gasteiger partial charge in [-0.2, -0.15) is 0 Å². The fourth-order valence-electron chi connectivity index (χ4n) is 4.02. The molecule has 0 amide bonds. The first-order chi connectivity index (χ1) is 15.7. The molecule has 0 aliphatic rings. The van der Waals surface area contributed by atoms with Crippen LogP contribution in [0.2, 0.25) is 0 Å². The third-order valence-electron chi connectivity index (χ3n) is 5.96. The highest BCUT2D eigenvalue weighted by Gasteiger charge is 1.98. The summed E-state index contributed by atoms with van der Waals surface area (Å²) in [5, 5.41) is 8.59. The molecule has 0 bridgehead atoms. The zero-order chi connectivity index (χ0) is 23.5. The molecule has 0 aromatic rings. The van der Waals surface area contributed by atoms with Crippen molar-refractivity contribution in [3.63, 3.8) is 0 Å². The summed E-state index contributed by atoms with van der Waals surface area (Å²) < 4.78 is 4.62. The van der Waals surface area contributed by atoms with E-state index >= 15 is 0 Å². The molecule has 1 N–H and O–H groups in total. The number of allylic oxidation sites excluding steroid dienone is 1. The van der Waals surface area contributed by atoms with Crippen LogP contribution in [0, 0.1) is 0 Å². The van der Waals surface area contributed by atoms with E-state index in [0.29, 0.717) is 6.42 Å². The quantitative estimate of drug-likeness (QED) is 0.0652. The number of rotatable bonds is 25. The molecular weight excluding hydrogens is 400 g/mol. The topological polar surface area (TPSA) is 63.6 Å². The highest BCUT2D eigenvalue weighted by Crippen LogP contribution is 2.15. The Morgan fingerprint density at radius 3 is 1.28 bits per heavy atom. The lowest BCUT2D eigenvalue weighted by Gasteiger charge is -2.04. The summed E-state index contributed by atoms with van der Waals surface area (Å²) in [7, 11) is 0. The van der Waals surface area contributed by atoms with E-state index in [2.05, 4.69) is 11.3 Å². The van der Waals surface area contributed by atoms with Crippen molar-refractivity contribution in [2.24, 2.45) is 0 Å². The minimum absolute atomic E-state index is 0.331. The molecule has 0 aliphatic heterocycles. The van der Waals surface area contributed by atoms with Crippen LogP contribution < -0.4 is 0 Å². The van der Waals surface area contributed by atoms with E-state index in [-0.39, 0.29) is 5.97 Å². The number of hydrogen-bond acceptors (Lipinski definition) is 3. The van der Waals surface area contributed by atoms with E-state index in [1.165, 1.54) is 115 Å². The number of carbonyl (C=O) groups is 2. The van der Waals surface area contributed by atoms with Crippen molar-refractivity contribution in [3.8, 4) is 0 Å². The number of esters is 1. The normalized spacial score (nSPS) is 11.1. The van der Waals surface area contributed by atoms with E-state index in [0.717, 1.165) is 31.9 Å². The summed E-state index contributed by atoms with van der Waals surface area (Å²) in [6, 6.07) is 0. The summed E-state index contributed by atoms with van der Waals surface area (Å²) in [5.74, 6) is -1.00. The van der Waals surface area contributed by atoms with E-state index in [1.54, 1.807) is 0 Å². The first-order valence-corrected chi connectivity index (χ1v) is 13.4. The number of carbonyl (C=O) groups excluding carboxylic acids is 1. The second-order valence-corrected chi connectivity index (χ2v) is 9.01. The molecule has 0 aromatic carbocycles. The zero-order valence-corrected chi connectivity index (χ0v) is 20.7. The maximum atomic E-state index is 11.1. The lowest BCUT2D eigenvalue weighted by Crippen LogP contribution is -1.93. The first-order valence-electron chi connectivity index (χ1n) is 13.4. The Morgan fingerprint density at radius 1 is 0.594 bits per heavy atom. The van der Waals surface area contributed by atoms with Crippen LogP contribution in [0.1, 0.15) is 141 Å². The van der Waals surface area contributed by atoms with Gasteiger partial charge in [-0.1, -0.05) is 128 Å². The van der Waals surface area contributed by atoms with Gasteiger partial charge in [-0.3, -0.25) is 4.79 Å². The number of carboxylic acids is 1. The Hall–Kier alpha value is -1.58. The Morgan fingerprint density at radius 2 is 0.938 bits per heavy atom. The lowest BCUT2D eigenvalue weighted by molar-refractivity contribution is -0.137. The molecule has 4 heteroatoms. The maximum absolute atomic E-state index is 11.1. The van der Waals surface area contributed by atoms with Crippen LogP contribution in [0.5, 0.6) is 0 Å². The fourth-order valence-corrected chi connectivity index (χ4v) is 4.02. The highest BCUT2D eigenvalue weighted by molar-refractivity contribution is 5.82. The largest absolute Gasteiger partial charge is 0.481 e. The van der Waals surface area contributed by atoms with E-state index in [4.69, 9.17) is 5.11 Å². The van der Waals surface area contributed by atoms with Gasteiger partial charge in [-0.05, 0) is 19.3 Å². The molecule has 0 spiro atoms. The van der Waals surface area contributed by atoms with Gasteiger partial charge in [0.2, 0.25) is 0 Å². The van der Waals surface area contributed by atoms with Gasteiger partial charge in [0, 0.05) is 12.5 Å². The van der Waals surface area contributed by atoms with Crippen molar-refractivity contribution in [1.82, 2.24) is 0 Å². The number of hydrogen-bond donors (Lipinski definition) is 1. The average Bonchev–Trinajstić information content (AvgIpc) is 2.76. The van der Waals surface area contributed by atoms with Crippen LogP contribution in [0.25, 0.3) is 0 Å². The molecule has 4 nitrogen and oxygen atoms in total. The Bertz CT molecular complexity index is 470. The van der Waals surface area contributed by atoms with Crippen LogP contribution in [0.4, 0.5) is 0 Å².